The third-order valence-electron chi connectivity index (χ3n) is 4.78. The molecular formula is C21H15FN8S. The molecule has 31 heavy (non-hydrogen) atoms. The van der Waals surface area contributed by atoms with Crippen LogP contribution in [0.25, 0.3) is 46.1 Å². The summed E-state index contributed by atoms with van der Waals surface area (Å²) >= 11 is 1.59. The Hall–Kier alpha value is -4.05. The Morgan fingerprint density at radius 3 is 2.74 bits per heavy atom. The number of nitrogens with zero attached hydrogens (tertiary/aromatic N) is 6. The average Bonchev–Trinajstić information content (AvgIpc) is 3.54. The lowest BCUT2D eigenvalue weighted by atomic mass is 10.1. The number of fused-ring (bicyclic) bond motifs is 1. The van der Waals surface area contributed by atoms with E-state index in [-0.39, 0.29) is 10.9 Å². The van der Waals surface area contributed by atoms with E-state index in [1.165, 1.54) is 25.8 Å². The molecule has 0 spiro atoms. The molecule has 0 aliphatic heterocycles. The lowest BCUT2D eigenvalue weighted by molar-refractivity contribution is 0.769. The molecule has 0 unspecified atom stereocenters. The molecule has 5 aromatic heterocycles. The molecule has 2 N–H and O–H groups in total. The van der Waals surface area contributed by atoms with Crippen LogP contribution in [-0.4, -0.2) is 47.9 Å². The molecule has 5 aromatic rings. The van der Waals surface area contributed by atoms with Gasteiger partial charge in [0, 0.05) is 36.8 Å². The number of pyridine rings is 1. The number of thiophene rings is 1. The number of hydrogen-bond acceptors (Lipinski definition) is 7. The molecule has 0 fully saturated rings. The minimum atomic E-state index is -0.595. The summed E-state index contributed by atoms with van der Waals surface area (Å²) in [6.07, 6.45) is 7.81. The molecule has 10 heteroatoms. The fourth-order valence-corrected chi connectivity index (χ4v) is 4.01. The zero-order valence-electron chi connectivity index (χ0n) is 16.3. The van der Waals surface area contributed by atoms with Gasteiger partial charge in [-0.2, -0.15) is 16.4 Å². The van der Waals surface area contributed by atoms with Gasteiger partial charge in [-0.25, -0.2) is 19.3 Å². The summed E-state index contributed by atoms with van der Waals surface area (Å²) in [4.78, 5) is 24.2. The first-order valence-corrected chi connectivity index (χ1v) is 10.1. The van der Waals surface area contributed by atoms with Gasteiger partial charge < -0.3 is 4.98 Å². The van der Waals surface area contributed by atoms with E-state index in [0.717, 1.165) is 22.2 Å². The van der Waals surface area contributed by atoms with Crippen molar-refractivity contribution in [2.45, 2.75) is 0 Å². The summed E-state index contributed by atoms with van der Waals surface area (Å²) in [6.45, 7) is 3.89. The topological polar surface area (TPSA) is 108 Å². The Morgan fingerprint density at radius 1 is 1.16 bits per heavy atom. The Morgan fingerprint density at radius 2 is 2.00 bits per heavy atom. The highest BCUT2D eigenvalue weighted by molar-refractivity contribution is 7.08. The van der Waals surface area contributed by atoms with Gasteiger partial charge in [0.1, 0.15) is 23.2 Å². The van der Waals surface area contributed by atoms with Crippen LogP contribution in [0, 0.1) is 0 Å². The van der Waals surface area contributed by atoms with Crippen LogP contribution in [0.5, 0.6) is 0 Å². The Kier molecular flexibility index (Phi) is 4.68. The molecule has 5 heterocycles. The minimum absolute atomic E-state index is 0.102. The molecule has 152 valence electrons. The van der Waals surface area contributed by atoms with Crippen molar-refractivity contribution in [2.75, 3.05) is 7.05 Å². The van der Waals surface area contributed by atoms with Crippen molar-refractivity contribution in [1.82, 2.24) is 35.1 Å². The van der Waals surface area contributed by atoms with E-state index in [9.17, 15) is 0 Å². The second-order valence-corrected chi connectivity index (χ2v) is 7.40. The van der Waals surface area contributed by atoms with Crippen molar-refractivity contribution in [2.24, 2.45) is 4.99 Å². The number of rotatable bonds is 4. The van der Waals surface area contributed by atoms with Crippen LogP contribution in [0.15, 0.2) is 52.9 Å². The second-order valence-electron chi connectivity index (χ2n) is 6.62. The molecule has 0 aliphatic carbocycles. The molecule has 0 radical (unpaired) electrons. The van der Waals surface area contributed by atoms with Crippen LogP contribution >= 0.6 is 11.3 Å². The summed E-state index contributed by atoms with van der Waals surface area (Å²) in [5.74, 6) is -0.196. The predicted octanol–water partition coefficient (Wildman–Crippen LogP) is 2.47. The van der Waals surface area contributed by atoms with Crippen molar-refractivity contribution < 1.29 is 4.39 Å². The number of halogens is 1. The number of aliphatic imine (C=N–C) groups is 1. The van der Waals surface area contributed by atoms with Gasteiger partial charge in [0.2, 0.25) is 0 Å². The summed E-state index contributed by atoms with van der Waals surface area (Å²) in [7, 11) is 1.50. The lowest BCUT2D eigenvalue weighted by Gasteiger charge is -2.02. The van der Waals surface area contributed by atoms with Gasteiger partial charge in [0.05, 0.1) is 22.3 Å². The van der Waals surface area contributed by atoms with Crippen molar-refractivity contribution >= 4 is 40.5 Å². The van der Waals surface area contributed by atoms with Gasteiger partial charge in [0.25, 0.3) is 0 Å². The van der Waals surface area contributed by atoms with E-state index in [1.807, 2.05) is 16.8 Å². The van der Waals surface area contributed by atoms with E-state index in [0.29, 0.717) is 22.4 Å². The number of aromatic amines is 2. The van der Waals surface area contributed by atoms with Gasteiger partial charge >= 0.3 is 0 Å². The molecule has 5 rings (SSSR count). The van der Waals surface area contributed by atoms with Gasteiger partial charge in [-0.3, -0.25) is 15.1 Å². The molecular weight excluding hydrogens is 415 g/mol. The van der Waals surface area contributed by atoms with Crippen LogP contribution in [0.1, 0.15) is 5.56 Å². The highest BCUT2D eigenvalue weighted by Gasteiger charge is 2.19. The Labute approximate surface area is 179 Å². The second kappa shape index (κ2) is 7.65. The van der Waals surface area contributed by atoms with Crippen molar-refractivity contribution in [3.8, 4) is 22.6 Å². The standard InChI is InChI=1S/C21H15FN8S/c1-11-16(17(22)18(23-2)13-5-25-10-26-6-13)20(30-29-11)21-27-15-8-24-7-14(19(15)28-21)12-3-4-31-9-12/h3-10,29H,1H2,2H3,(H,27,28)/b17-16-,23-18-. The molecule has 0 saturated heterocycles. The quantitative estimate of drug-likeness (QED) is 0.426. The van der Waals surface area contributed by atoms with Gasteiger partial charge in [-0.1, -0.05) is 6.58 Å². The van der Waals surface area contributed by atoms with E-state index >= 15 is 4.39 Å². The highest BCUT2D eigenvalue weighted by atomic mass is 32.1. The van der Waals surface area contributed by atoms with Crippen molar-refractivity contribution in [3.63, 3.8) is 0 Å². The van der Waals surface area contributed by atoms with E-state index in [4.69, 9.17) is 4.98 Å². The first kappa shape index (κ1) is 18.9. The fraction of sp³-hybridized carbons (Fsp3) is 0.0476. The number of aromatic nitrogens is 7. The molecule has 0 atom stereocenters. The maximum atomic E-state index is 15.7. The highest BCUT2D eigenvalue weighted by Crippen LogP contribution is 2.29. The monoisotopic (exact) mass is 430 g/mol. The summed E-state index contributed by atoms with van der Waals surface area (Å²) < 4.78 is 15.7. The summed E-state index contributed by atoms with van der Waals surface area (Å²) in [6, 6.07) is 2.00. The molecule has 0 amide bonds. The van der Waals surface area contributed by atoms with Crippen LogP contribution < -0.4 is 10.6 Å². The zero-order chi connectivity index (χ0) is 21.4. The van der Waals surface area contributed by atoms with Gasteiger partial charge in [-0.05, 0) is 22.4 Å². The minimum Gasteiger partial charge on any atom is -0.335 e. The molecule has 0 aromatic carbocycles. The van der Waals surface area contributed by atoms with E-state index in [2.05, 4.69) is 41.7 Å². The van der Waals surface area contributed by atoms with E-state index in [1.54, 1.807) is 23.7 Å². The maximum absolute atomic E-state index is 15.7. The zero-order valence-corrected chi connectivity index (χ0v) is 17.1. The predicted molar refractivity (Wildman–Crippen MR) is 119 cm³/mol. The summed E-state index contributed by atoms with van der Waals surface area (Å²) in [5, 5.41) is 11.5. The van der Waals surface area contributed by atoms with E-state index < -0.39 is 5.83 Å². The normalized spacial score (nSPS) is 13.0. The number of hydrogen-bond donors (Lipinski definition) is 2. The third kappa shape index (κ3) is 3.22. The molecule has 0 aliphatic rings. The Balaban J connectivity index is 1.72. The SMILES string of the molecule is C=c1[nH]nc(-c2nc3c(-c4ccsc4)cncc3[nH]2)/c1=C(F)/C(=N\C)c1cncnc1. The largest absolute Gasteiger partial charge is 0.335 e. The first-order valence-electron chi connectivity index (χ1n) is 9.19. The van der Waals surface area contributed by atoms with Crippen LogP contribution in [0.3, 0.4) is 0 Å². The first-order chi connectivity index (χ1) is 15.2. The van der Waals surface area contributed by atoms with Crippen LogP contribution in [0.4, 0.5) is 4.39 Å². The van der Waals surface area contributed by atoms with Crippen LogP contribution in [-0.2, 0) is 0 Å². The summed E-state index contributed by atoms with van der Waals surface area (Å²) in [5.41, 5.74) is 4.20. The maximum Gasteiger partial charge on any atom is 0.160 e. The lowest BCUT2D eigenvalue weighted by Crippen LogP contribution is -2.27. The third-order valence-corrected chi connectivity index (χ3v) is 5.46. The number of imidazole rings is 1. The van der Waals surface area contributed by atoms with Crippen LogP contribution in [0.2, 0.25) is 0 Å². The fourth-order valence-electron chi connectivity index (χ4n) is 3.35. The van der Waals surface area contributed by atoms with Gasteiger partial charge in [-0.15, -0.1) is 0 Å². The molecule has 0 saturated carbocycles. The van der Waals surface area contributed by atoms with Crippen molar-refractivity contribution in [3.05, 3.63) is 64.1 Å². The average molecular weight is 430 g/mol. The van der Waals surface area contributed by atoms with Crippen molar-refractivity contribution in [1.29, 1.82) is 0 Å². The smallest absolute Gasteiger partial charge is 0.160 e. The number of H-pyrrole nitrogens is 2. The molecule has 0 bridgehead atoms. The Bertz CT molecular complexity index is 1520. The molecule has 8 nitrogen and oxygen atoms in total. The van der Waals surface area contributed by atoms with Gasteiger partial charge in [0.15, 0.2) is 11.7 Å². The number of nitrogens with one attached hydrogen (secondary N) is 2.